The highest BCUT2D eigenvalue weighted by Crippen LogP contribution is 2.25. The minimum absolute atomic E-state index is 0.175. The molecule has 0 heterocycles. The third-order valence-corrected chi connectivity index (χ3v) is 3.73. The second-order valence-corrected chi connectivity index (χ2v) is 5.92. The van der Waals surface area contributed by atoms with Crippen LogP contribution in [0.1, 0.15) is 13.8 Å². The van der Waals surface area contributed by atoms with Crippen molar-refractivity contribution in [1.82, 2.24) is 10.2 Å². The molecule has 0 aliphatic rings. The second kappa shape index (κ2) is 11.3. The van der Waals surface area contributed by atoms with E-state index in [1.54, 1.807) is 7.11 Å². The SMILES string of the molecule is CNC(C)(C)N(C)CC(O)COc1ccccc1OC.O=C(O)C(=O)O. The number of hydrogen-bond donors (Lipinski definition) is 4. The molecule has 9 nitrogen and oxygen atoms in total. The first-order valence-corrected chi connectivity index (χ1v) is 7.85. The van der Waals surface area contributed by atoms with Crippen LogP contribution in [0.2, 0.25) is 0 Å². The molecule has 0 radical (unpaired) electrons. The van der Waals surface area contributed by atoms with E-state index in [-0.39, 0.29) is 12.3 Å². The lowest BCUT2D eigenvalue weighted by Crippen LogP contribution is -2.53. The second-order valence-electron chi connectivity index (χ2n) is 5.92. The average Bonchev–Trinajstić information content (AvgIpc) is 2.60. The number of nitrogens with zero attached hydrogens (tertiary/aromatic N) is 1. The molecule has 0 aliphatic heterocycles. The number of carboxylic acids is 2. The molecule has 0 aromatic heterocycles. The molecule has 0 saturated carbocycles. The Bertz CT molecular complexity index is 566. The van der Waals surface area contributed by atoms with Gasteiger partial charge in [0.2, 0.25) is 0 Å². The van der Waals surface area contributed by atoms with E-state index in [2.05, 4.69) is 19.2 Å². The number of aliphatic hydroxyl groups is 1. The largest absolute Gasteiger partial charge is 0.493 e. The Kier molecular flexibility index (Phi) is 10.3. The molecule has 1 aromatic rings. The van der Waals surface area contributed by atoms with Gasteiger partial charge in [-0.05, 0) is 40.1 Å². The molecule has 148 valence electrons. The molecule has 4 N–H and O–H groups in total. The normalized spacial score (nSPS) is 12.0. The maximum Gasteiger partial charge on any atom is 0.414 e. The summed E-state index contributed by atoms with van der Waals surface area (Å²) in [5.74, 6) is -2.34. The minimum Gasteiger partial charge on any atom is -0.493 e. The molecule has 0 spiro atoms. The molecular weight excluding hydrogens is 344 g/mol. The summed E-state index contributed by atoms with van der Waals surface area (Å²) >= 11 is 0. The Morgan fingerprint density at radius 3 is 2.12 bits per heavy atom. The molecule has 1 aromatic carbocycles. The topological polar surface area (TPSA) is 129 Å². The van der Waals surface area contributed by atoms with Gasteiger partial charge in [0.05, 0.1) is 12.8 Å². The van der Waals surface area contributed by atoms with Crippen molar-refractivity contribution in [2.75, 3.05) is 34.4 Å². The van der Waals surface area contributed by atoms with Crippen LogP contribution in [-0.2, 0) is 9.59 Å². The fraction of sp³-hybridized carbons (Fsp3) is 0.529. The summed E-state index contributed by atoms with van der Waals surface area (Å²) in [6.07, 6.45) is -0.572. The average molecular weight is 372 g/mol. The van der Waals surface area contributed by atoms with E-state index < -0.39 is 18.0 Å². The summed E-state index contributed by atoms with van der Waals surface area (Å²) in [7, 11) is 5.46. The van der Waals surface area contributed by atoms with Gasteiger partial charge in [0.1, 0.15) is 12.7 Å². The van der Waals surface area contributed by atoms with Gasteiger partial charge in [-0.3, -0.25) is 4.90 Å². The standard InChI is InChI=1S/C15H26N2O3.C2H2O4/c1-15(2,16-3)17(4)10-12(18)11-20-14-9-7-6-8-13(14)19-5;3-1(4)2(5)6/h6-9,12,16,18H,10-11H2,1-5H3;(H,3,4)(H,5,6). The zero-order valence-electron chi connectivity index (χ0n) is 15.7. The zero-order chi connectivity index (χ0) is 20.3. The van der Waals surface area contributed by atoms with Gasteiger partial charge in [0, 0.05) is 6.54 Å². The lowest BCUT2D eigenvalue weighted by Gasteiger charge is -2.36. The van der Waals surface area contributed by atoms with E-state index in [0.717, 1.165) is 0 Å². The smallest absolute Gasteiger partial charge is 0.414 e. The lowest BCUT2D eigenvalue weighted by atomic mass is 10.2. The Morgan fingerprint density at radius 2 is 1.69 bits per heavy atom. The molecule has 0 fully saturated rings. The van der Waals surface area contributed by atoms with Crippen LogP contribution in [0.3, 0.4) is 0 Å². The highest BCUT2D eigenvalue weighted by Gasteiger charge is 2.23. The van der Waals surface area contributed by atoms with Crippen molar-refractivity contribution in [3.05, 3.63) is 24.3 Å². The van der Waals surface area contributed by atoms with E-state index in [4.69, 9.17) is 29.3 Å². The van der Waals surface area contributed by atoms with Crippen LogP contribution in [0.4, 0.5) is 0 Å². The van der Waals surface area contributed by atoms with Gasteiger partial charge in [-0.25, -0.2) is 9.59 Å². The van der Waals surface area contributed by atoms with Gasteiger partial charge >= 0.3 is 11.9 Å². The van der Waals surface area contributed by atoms with Crippen molar-refractivity contribution in [2.24, 2.45) is 0 Å². The molecular formula is C17H28N2O7. The fourth-order valence-electron chi connectivity index (χ4n) is 1.71. The summed E-state index contributed by atoms with van der Waals surface area (Å²) in [6.45, 7) is 4.86. The summed E-state index contributed by atoms with van der Waals surface area (Å²) in [6, 6.07) is 7.41. The van der Waals surface area contributed by atoms with Crippen LogP contribution in [0.15, 0.2) is 24.3 Å². The number of aliphatic carboxylic acids is 2. The number of para-hydroxylation sites is 2. The van der Waals surface area contributed by atoms with Gasteiger partial charge in [0.15, 0.2) is 11.5 Å². The third-order valence-electron chi connectivity index (χ3n) is 3.73. The molecule has 0 saturated heterocycles. The van der Waals surface area contributed by atoms with Crippen LogP contribution >= 0.6 is 0 Å². The van der Waals surface area contributed by atoms with Gasteiger partial charge in [-0.2, -0.15) is 0 Å². The van der Waals surface area contributed by atoms with Crippen LogP contribution < -0.4 is 14.8 Å². The van der Waals surface area contributed by atoms with Crippen LogP contribution in [-0.4, -0.2) is 78.3 Å². The Morgan fingerprint density at radius 1 is 1.19 bits per heavy atom. The zero-order valence-corrected chi connectivity index (χ0v) is 15.7. The minimum atomic E-state index is -1.82. The Labute approximate surface area is 153 Å². The molecule has 1 unspecified atom stereocenters. The van der Waals surface area contributed by atoms with E-state index in [9.17, 15) is 5.11 Å². The summed E-state index contributed by atoms with van der Waals surface area (Å²) in [5.41, 5.74) is -0.175. The predicted molar refractivity (Wildman–Crippen MR) is 95.5 cm³/mol. The number of carboxylic acid groups (broad SMARTS) is 2. The highest BCUT2D eigenvalue weighted by molar-refractivity contribution is 6.27. The van der Waals surface area contributed by atoms with Crippen molar-refractivity contribution < 1.29 is 34.4 Å². The maximum atomic E-state index is 10.1. The molecule has 9 heteroatoms. The van der Waals surface area contributed by atoms with E-state index in [1.807, 2.05) is 43.3 Å². The van der Waals surface area contributed by atoms with E-state index >= 15 is 0 Å². The Hall–Kier alpha value is -2.36. The number of methoxy groups -OCH3 is 1. The van der Waals surface area contributed by atoms with E-state index in [0.29, 0.717) is 18.0 Å². The fourth-order valence-corrected chi connectivity index (χ4v) is 1.71. The van der Waals surface area contributed by atoms with Gasteiger partial charge < -0.3 is 30.1 Å². The first-order valence-electron chi connectivity index (χ1n) is 7.85. The van der Waals surface area contributed by atoms with Crippen LogP contribution in [0.5, 0.6) is 11.5 Å². The molecule has 0 aliphatic carbocycles. The predicted octanol–water partition coefficient (Wildman–Crippen LogP) is 0.478. The van der Waals surface area contributed by atoms with Crippen LogP contribution in [0, 0.1) is 0 Å². The quantitative estimate of drug-likeness (QED) is 0.380. The first-order chi connectivity index (χ1) is 12.0. The Balaban J connectivity index is 0.000000896. The molecule has 1 atom stereocenters. The van der Waals surface area contributed by atoms with Crippen molar-refractivity contribution in [3.8, 4) is 11.5 Å². The molecule has 1 rings (SSSR count). The lowest BCUT2D eigenvalue weighted by molar-refractivity contribution is -0.159. The highest BCUT2D eigenvalue weighted by atomic mass is 16.5. The summed E-state index contributed by atoms with van der Waals surface area (Å²) in [4.78, 5) is 20.2. The maximum absolute atomic E-state index is 10.1. The number of benzene rings is 1. The number of carbonyl (C=O) groups is 2. The van der Waals surface area contributed by atoms with Crippen molar-refractivity contribution in [2.45, 2.75) is 25.6 Å². The number of aliphatic hydroxyl groups excluding tert-OH is 1. The van der Waals surface area contributed by atoms with Crippen molar-refractivity contribution in [3.63, 3.8) is 0 Å². The van der Waals surface area contributed by atoms with E-state index in [1.165, 1.54) is 0 Å². The first kappa shape index (κ1) is 23.6. The monoisotopic (exact) mass is 372 g/mol. The molecule has 26 heavy (non-hydrogen) atoms. The van der Waals surface area contributed by atoms with Crippen molar-refractivity contribution >= 4 is 11.9 Å². The van der Waals surface area contributed by atoms with Gasteiger partial charge in [-0.15, -0.1) is 0 Å². The number of nitrogens with one attached hydrogen (secondary N) is 1. The number of ether oxygens (including phenoxy) is 2. The number of rotatable bonds is 8. The molecule has 0 bridgehead atoms. The molecule has 0 amide bonds. The van der Waals surface area contributed by atoms with Crippen LogP contribution in [0.25, 0.3) is 0 Å². The van der Waals surface area contributed by atoms with Gasteiger partial charge in [0.25, 0.3) is 0 Å². The third kappa shape index (κ3) is 8.65. The number of likely N-dealkylation sites (N-methyl/N-ethyl adjacent to an activating group) is 1. The summed E-state index contributed by atoms with van der Waals surface area (Å²) < 4.78 is 10.8. The van der Waals surface area contributed by atoms with Gasteiger partial charge in [-0.1, -0.05) is 12.1 Å². The number of hydrogen-bond acceptors (Lipinski definition) is 7. The van der Waals surface area contributed by atoms with Crippen molar-refractivity contribution in [1.29, 1.82) is 0 Å². The summed E-state index contributed by atoms with van der Waals surface area (Å²) in [5, 5.41) is 28.0.